The van der Waals surface area contributed by atoms with Crippen molar-refractivity contribution in [1.29, 1.82) is 0 Å². The van der Waals surface area contributed by atoms with Gasteiger partial charge in [-0.3, -0.25) is 0 Å². The Kier molecular flexibility index (Phi) is 4.04. The molecule has 5 heteroatoms. The first kappa shape index (κ1) is 13.4. The fourth-order valence-electron chi connectivity index (χ4n) is 1.64. The summed E-state index contributed by atoms with van der Waals surface area (Å²) in [6.07, 6.45) is -2.50. The van der Waals surface area contributed by atoms with Gasteiger partial charge in [0.15, 0.2) is 0 Å². The Labute approximate surface area is 107 Å². The minimum absolute atomic E-state index is 0.0550. The van der Waals surface area contributed by atoms with Crippen LogP contribution >= 0.6 is 0 Å². The summed E-state index contributed by atoms with van der Waals surface area (Å²) in [4.78, 5) is 0. The number of rotatable bonds is 4. The molecule has 0 amide bonds. The van der Waals surface area contributed by atoms with Crippen LogP contribution in [0.1, 0.15) is 17.6 Å². The molecule has 0 aliphatic rings. The molecule has 0 aliphatic carbocycles. The van der Waals surface area contributed by atoms with E-state index in [9.17, 15) is 17.6 Å². The van der Waals surface area contributed by atoms with Crippen LogP contribution < -0.4 is 5.32 Å². The van der Waals surface area contributed by atoms with Gasteiger partial charge in [-0.2, -0.15) is 0 Å². The highest BCUT2D eigenvalue weighted by molar-refractivity contribution is 5.44. The van der Waals surface area contributed by atoms with Crippen LogP contribution in [0.4, 0.5) is 23.2 Å². The van der Waals surface area contributed by atoms with E-state index in [0.717, 1.165) is 23.8 Å². The molecule has 0 saturated carbocycles. The van der Waals surface area contributed by atoms with Gasteiger partial charge in [0.1, 0.15) is 11.6 Å². The highest BCUT2D eigenvalue weighted by Crippen LogP contribution is 2.19. The standard InChI is InChI=1S/C14H11F4N/c15-11-5-12(16)7-13(6-11)19-8-9-1-3-10(4-2-9)14(17)18/h1-7,14,19H,8H2. The molecule has 1 N–H and O–H groups in total. The zero-order valence-electron chi connectivity index (χ0n) is 9.84. The molecule has 100 valence electrons. The number of nitrogens with one attached hydrogen (secondary N) is 1. The zero-order valence-corrected chi connectivity index (χ0v) is 9.84. The van der Waals surface area contributed by atoms with Crippen molar-refractivity contribution in [3.63, 3.8) is 0 Å². The summed E-state index contributed by atoms with van der Waals surface area (Å²) in [5, 5.41) is 2.82. The summed E-state index contributed by atoms with van der Waals surface area (Å²) in [7, 11) is 0. The fraction of sp³-hybridized carbons (Fsp3) is 0.143. The number of hydrogen-bond donors (Lipinski definition) is 1. The van der Waals surface area contributed by atoms with Crippen LogP contribution in [0.25, 0.3) is 0 Å². The lowest BCUT2D eigenvalue weighted by Crippen LogP contribution is -2.00. The molecule has 0 aromatic heterocycles. The Balaban J connectivity index is 2.02. The van der Waals surface area contributed by atoms with Gasteiger partial charge in [-0.25, -0.2) is 17.6 Å². The predicted octanol–water partition coefficient (Wildman–Crippen LogP) is 4.51. The van der Waals surface area contributed by atoms with E-state index in [1.54, 1.807) is 12.1 Å². The van der Waals surface area contributed by atoms with Gasteiger partial charge in [0.05, 0.1) is 0 Å². The van der Waals surface area contributed by atoms with Gasteiger partial charge in [0.2, 0.25) is 0 Å². The lowest BCUT2D eigenvalue weighted by atomic mass is 10.1. The van der Waals surface area contributed by atoms with Crippen molar-refractivity contribution >= 4 is 5.69 Å². The first-order valence-corrected chi connectivity index (χ1v) is 5.61. The van der Waals surface area contributed by atoms with Gasteiger partial charge in [-0.15, -0.1) is 0 Å². The third-order valence-corrected chi connectivity index (χ3v) is 2.59. The van der Waals surface area contributed by atoms with Gasteiger partial charge >= 0.3 is 0 Å². The number of halogens is 4. The molecule has 0 radical (unpaired) electrons. The molecule has 0 fully saturated rings. The van der Waals surface area contributed by atoms with E-state index in [0.29, 0.717) is 12.2 Å². The van der Waals surface area contributed by atoms with E-state index < -0.39 is 18.1 Å². The monoisotopic (exact) mass is 269 g/mol. The second-order valence-electron chi connectivity index (χ2n) is 4.05. The number of anilines is 1. The SMILES string of the molecule is Fc1cc(F)cc(NCc2ccc(C(F)F)cc2)c1. The molecule has 0 bridgehead atoms. The first-order chi connectivity index (χ1) is 9.04. The van der Waals surface area contributed by atoms with E-state index in [2.05, 4.69) is 5.32 Å². The quantitative estimate of drug-likeness (QED) is 0.805. The maximum atomic E-state index is 12.9. The summed E-state index contributed by atoms with van der Waals surface area (Å²) in [6.45, 7) is 0.298. The predicted molar refractivity (Wildman–Crippen MR) is 65.1 cm³/mol. The Morgan fingerprint density at radius 2 is 1.47 bits per heavy atom. The van der Waals surface area contributed by atoms with Crippen LogP contribution in [0.5, 0.6) is 0 Å². The van der Waals surface area contributed by atoms with Crippen LogP contribution in [0.15, 0.2) is 42.5 Å². The van der Waals surface area contributed by atoms with Crippen LogP contribution in [-0.2, 0) is 6.54 Å². The van der Waals surface area contributed by atoms with Gasteiger partial charge in [0.25, 0.3) is 6.43 Å². The Hall–Kier alpha value is -2.04. The highest BCUT2D eigenvalue weighted by Gasteiger charge is 2.06. The molecule has 0 unspecified atom stereocenters. The van der Waals surface area contributed by atoms with Crippen molar-refractivity contribution in [2.75, 3.05) is 5.32 Å². The summed E-state index contributed by atoms with van der Waals surface area (Å²) in [6, 6.07) is 8.85. The lowest BCUT2D eigenvalue weighted by molar-refractivity contribution is 0.151. The topological polar surface area (TPSA) is 12.0 Å². The molecular formula is C14H11F4N. The summed E-state index contributed by atoms with van der Waals surface area (Å²) < 4.78 is 50.5. The number of hydrogen-bond acceptors (Lipinski definition) is 1. The maximum absolute atomic E-state index is 12.9. The van der Waals surface area contributed by atoms with E-state index >= 15 is 0 Å². The highest BCUT2D eigenvalue weighted by atomic mass is 19.3. The molecule has 0 saturated heterocycles. The van der Waals surface area contributed by atoms with Crippen molar-refractivity contribution < 1.29 is 17.6 Å². The molecule has 2 aromatic rings. The third-order valence-electron chi connectivity index (χ3n) is 2.59. The van der Waals surface area contributed by atoms with Gasteiger partial charge in [-0.05, 0) is 17.7 Å². The van der Waals surface area contributed by atoms with Crippen molar-refractivity contribution in [3.05, 3.63) is 65.2 Å². The lowest BCUT2D eigenvalue weighted by Gasteiger charge is -2.08. The van der Waals surface area contributed by atoms with Crippen LogP contribution in [-0.4, -0.2) is 0 Å². The third kappa shape index (κ3) is 3.71. The van der Waals surface area contributed by atoms with Crippen LogP contribution in [0.3, 0.4) is 0 Å². The van der Waals surface area contributed by atoms with Gasteiger partial charge in [-0.1, -0.05) is 24.3 Å². The normalized spacial score (nSPS) is 10.8. The van der Waals surface area contributed by atoms with E-state index in [1.165, 1.54) is 12.1 Å². The minimum Gasteiger partial charge on any atom is -0.381 e. The molecular weight excluding hydrogens is 258 g/mol. The maximum Gasteiger partial charge on any atom is 0.263 e. The first-order valence-electron chi connectivity index (χ1n) is 5.61. The second kappa shape index (κ2) is 5.73. The van der Waals surface area contributed by atoms with Crippen molar-refractivity contribution in [2.24, 2.45) is 0 Å². The van der Waals surface area contributed by atoms with Crippen molar-refractivity contribution in [1.82, 2.24) is 0 Å². The number of benzene rings is 2. The van der Waals surface area contributed by atoms with E-state index in [-0.39, 0.29) is 5.56 Å². The molecule has 19 heavy (non-hydrogen) atoms. The molecule has 0 atom stereocenters. The summed E-state index contributed by atoms with van der Waals surface area (Å²) in [5.41, 5.74) is 0.991. The molecule has 0 spiro atoms. The summed E-state index contributed by atoms with van der Waals surface area (Å²) in [5.74, 6) is -1.34. The number of alkyl halides is 2. The molecule has 0 aliphatic heterocycles. The van der Waals surface area contributed by atoms with Crippen LogP contribution in [0.2, 0.25) is 0 Å². The smallest absolute Gasteiger partial charge is 0.263 e. The minimum atomic E-state index is -2.50. The summed E-state index contributed by atoms with van der Waals surface area (Å²) >= 11 is 0. The Bertz CT molecular complexity index is 532. The van der Waals surface area contributed by atoms with E-state index in [1.807, 2.05) is 0 Å². The second-order valence-corrected chi connectivity index (χ2v) is 4.05. The van der Waals surface area contributed by atoms with Gasteiger partial charge in [0, 0.05) is 23.9 Å². The van der Waals surface area contributed by atoms with Crippen molar-refractivity contribution in [3.8, 4) is 0 Å². The van der Waals surface area contributed by atoms with Crippen LogP contribution in [0, 0.1) is 11.6 Å². The fourth-order valence-corrected chi connectivity index (χ4v) is 1.64. The largest absolute Gasteiger partial charge is 0.381 e. The Morgan fingerprint density at radius 1 is 0.895 bits per heavy atom. The zero-order chi connectivity index (χ0) is 13.8. The van der Waals surface area contributed by atoms with Crippen molar-refractivity contribution in [2.45, 2.75) is 13.0 Å². The van der Waals surface area contributed by atoms with Gasteiger partial charge < -0.3 is 5.32 Å². The van der Waals surface area contributed by atoms with E-state index in [4.69, 9.17) is 0 Å². The Morgan fingerprint density at radius 3 is 2.00 bits per heavy atom. The molecule has 2 aromatic carbocycles. The molecule has 2 rings (SSSR count). The molecule has 0 heterocycles. The average molecular weight is 269 g/mol. The molecule has 1 nitrogen and oxygen atoms in total. The average Bonchev–Trinajstić information content (AvgIpc) is 2.36.